The highest BCUT2D eigenvalue weighted by Gasteiger charge is 2.40. The number of nitrogens with zero attached hydrogens (tertiary/aromatic N) is 2. The Balaban J connectivity index is 2.76. The van der Waals surface area contributed by atoms with Gasteiger partial charge in [0.2, 0.25) is 5.91 Å². The number of quaternary nitrogens is 1. The Bertz CT molecular complexity index is 451. The zero-order valence-electron chi connectivity index (χ0n) is 13.7. The van der Waals surface area contributed by atoms with Crippen LogP contribution in [0.2, 0.25) is 0 Å². The predicted molar refractivity (Wildman–Crippen MR) is 84.3 cm³/mol. The summed E-state index contributed by atoms with van der Waals surface area (Å²) >= 11 is 0. The number of carbonyl (C=O) groups excluding carboxylic acids is 2. The fraction of sp³-hybridized carbons (Fsp3) is 0.625. The van der Waals surface area contributed by atoms with Crippen molar-refractivity contribution in [3.05, 3.63) is 24.8 Å². The van der Waals surface area contributed by atoms with E-state index in [4.69, 9.17) is 0 Å². The van der Waals surface area contributed by atoms with Crippen molar-refractivity contribution in [3.8, 4) is 0 Å². The van der Waals surface area contributed by atoms with Crippen LogP contribution in [0.5, 0.6) is 0 Å². The van der Waals surface area contributed by atoms with E-state index in [2.05, 4.69) is 18.5 Å². The molecule has 0 spiro atoms. The highest BCUT2D eigenvalue weighted by atomic mass is 16.2. The average molecular weight is 294 g/mol. The van der Waals surface area contributed by atoms with E-state index in [1.165, 1.54) is 0 Å². The molecule has 1 aliphatic rings. The number of amides is 2. The molecule has 0 aliphatic carbocycles. The van der Waals surface area contributed by atoms with Gasteiger partial charge in [-0.2, -0.15) is 0 Å². The van der Waals surface area contributed by atoms with Crippen LogP contribution in [-0.4, -0.2) is 61.1 Å². The molecule has 1 saturated heterocycles. The van der Waals surface area contributed by atoms with Gasteiger partial charge in [0.05, 0.1) is 27.7 Å². The molecule has 1 N–H and O–H groups in total. The number of rotatable bonds is 7. The van der Waals surface area contributed by atoms with Gasteiger partial charge in [0, 0.05) is 25.0 Å². The summed E-state index contributed by atoms with van der Waals surface area (Å²) in [7, 11) is 6.04. The van der Waals surface area contributed by atoms with Crippen LogP contribution >= 0.6 is 0 Å². The van der Waals surface area contributed by atoms with Gasteiger partial charge in [0.25, 0.3) is 5.91 Å². The van der Waals surface area contributed by atoms with Gasteiger partial charge in [0.1, 0.15) is 0 Å². The second-order valence-electron chi connectivity index (χ2n) is 6.47. The third-order valence-corrected chi connectivity index (χ3v) is 4.28. The molecule has 1 atom stereocenters. The topological polar surface area (TPSA) is 49.4 Å². The Morgan fingerprint density at radius 1 is 1.48 bits per heavy atom. The smallest absolute Gasteiger partial charge is 0.253 e. The molecule has 21 heavy (non-hydrogen) atoms. The Labute approximate surface area is 127 Å². The standard InChI is InChI=1S/C16H27N3O2/c1-7-16(8-2,19(4,5)6)17-15(21)13(3)12-18-11-9-10-14(18)20/h7H,1,3,8-12H2,2,4-6H3/p+1. The summed E-state index contributed by atoms with van der Waals surface area (Å²) in [5, 5.41) is 3.04. The van der Waals surface area contributed by atoms with Crippen molar-refractivity contribution in [2.24, 2.45) is 0 Å². The summed E-state index contributed by atoms with van der Waals surface area (Å²) in [4.78, 5) is 25.7. The Morgan fingerprint density at radius 3 is 2.48 bits per heavy atom. The van der Waals surface area contributed by atoms with Gasteiger partial charge in [-0.15, -0.1) is 0 Å². The molecule has 5 nitrogen and oxygen atoms in total. The third-order valence-electron chi connectivity index (χ3n) is 4.28. The molecular weight excluding hydrogens is 266 g/mol. The van der Waals surface area contributed by atoms with Crippen molar-refractivity contribution in [1.29, 1.82) is 0 Å². The van der Waals surface area contributed by atoms with E-state index in [-0.39, 0.29) is 11.8 Å². The van der Waals surface area contributed by atoms with Crippen LogP contribution in [-0.2, 0) is 9.59 Å². The fourth-order valence-corrected chi connectivity index (χ4v) is 2.66. The van der Waals surface area contributed by atoms with E-state index < -0.39 is 5.66 Å². The average Bonchev–Trinajstić information content (AvgIpc) is 2.79. The number of likely N-dealkylation sites (N-methyl/N-ethyl adjacent to an activating group) is 1. The number of nitrogens with one attached hydrogen (secondary N) is 1. The van der Waals surface area contributed by atoms with Crippen LogP contribution in [0.4, 0.5) is 0 Å². The van der Waals surface area contributed by atoms with E-state index in [0.29, 0.717) is 29.6 Å². The summed E-state index contributed by atoms with van der Waals surface area (Å²) in [5.41, 5.74) is -0.131. The lowest BCUT2D eigenvalue weighted by molar-refractivity contribution is -0.919. The summed E-state index contributed by atoms with van der Waals surface area (Å²) in [6, 6.07) is 0. The van der Waals surface area contributed by atoms with E-state index in [0.717, 1.165) is 12.8 Å². The largest absolute Gasteiger partial charge is 0.338 e. The molecule has 1 heterocycles. The first-order chi connectivity index (χ1) is 9.66. The molecule has 5 heteroatoms. The van der Waals surface area contributed by atoms with Gasteiger partial charge < -0.3 is 9.38 Å². The van der Waals surface area contributed by atoms with Crippen LogP contribution in [0.1, 0.15) is 26.2 Å². The minimum Gasteiger partial charge on any atom is -0.338 e. The summed E-state index contributed by atoms with van der Waals surface area (Å²) in [6.45, 7) is 10.7. The zero-order valence-corrected chi connectivity index (χ0v) is 13.7. The minimum atomic E-state index is -0.547. The summed E-state index contributed by atoms with van der Waals surface area (Å²) in [5.74, 6) is -0.120. The molecule has 0 aromatic rings. The van der Waals surface area contributed by atoms with Gasteiger partial charge in [-0.25, -0.2) is 0 Å². The first kappa shape index (κ1) is 17.4. The maximum atomic E-state index is 12.4. The second kappa shape index (κ2) is 6.43. The Hall–Kier alpha value is -1.62. The van der Waals surface area contributed by atoms with Gasteiger partial charge in [-0.1, -0.05) is 20.1 Å². The lowest BCUT2D eigenvalue weighted by Crippen LogP contribution is -2.65. The Morgan fingerprint density at radius 2 is 2.10 bits per heavy atom. The van der Waals surface area contributed by atoms with E-state index in [9.17, 15) is 9.59 Å². The predicted octanol–water partition coefficient (Wildman–Crippen LogP) is 1.28. The molecule has 0 saturated carbocycles. The first-order valence-electron chi connectivity index (χ1n) is 7.40. The molecule has 2 amide bonds. The number of likely N-dealkylation sites (tertiary alicyclic amines) is 1. The third kappa shape index (κ3) is 3.73. The highest BCUT2D eigenvalue weighted by Crippen LogP contribution is 2.22. The van der Waals surface area contributed by atoms with Gasteiger partial charge in [-0.3, -0.25) is 14.9 Å². The SMILES string of the molecule is C=CC(CC)(NC(=O)C(=C)CN1CCCC1=O)[N+](C)(C)C. The highest BCUT2D eigenvalue weighted by molar-refractivity contribution is 5.94. The lowest BCUT2D eigenvalue weighted by Gasteiger charge is -2.44. The maximum absolute atomic E-state index is 12.4. The second-order valence-corrected chi connectivity index (χ2v) is 6.47. The minimum absolute atomic E-state index is 0.0982. The summed E-state index contributed by atoms with van der Waals surface area (Å²) in [6.07, 6.45) is 3.93. The van der Waals surface area contributed by atoms with E-state index in [1.54, 1.807) is 11.0 Å². The van der Waals surface area contributed by atoms with Crippen LogP contribution < -0.4 is 5.32 Å². The molecule has 118 valence electrons. The molecule has 1 rings (SSSR count). The van der Waals surface area contributed by atoms with Crippen LogP contribution in [0.25, 0.3) is 0 Å². The van der Waals surface area contributed by atoms with Gasteiger partial charge in [0.15, 0.2) is 5.66 Å². The fourth-order valence-electron chi connectivity index (χ4n) is 2.66. The molecule has 1 unspecified atom stereocenters. The van der Waals surface area contributed by atoms with Crippen molar-refractivity contribution in [1.82, 2.24) is 10.2 Å². The molecule has 0 radical (unpaired) electrons. The normalized spacial score (nSPS) is 18.3. The number of carbonyl (C=O) groups is 2. The first-order valence-corrected chi connectivity index (χ1v) is 7.40. The molecule has 0 bridgehead atoms. The molecular formula is C16H28N3O2+. The Kier molecular flexibility index (Phi) is 5.34. The van der Waals surface area contributed by atoms with Crippen molar-refractivity contribution in [3.63, 3.8) is 0 Å². The van der Waals surface area contributed by atoms with Crippen molar-refractivity contribution < 1.29 is 14.1 Å². The van der Waals surface area contributed by atoms with Crippen LogP contribution in [0, 0.1) is 0 Å². The van der Waals surface area contributed by atoms with Gasteiger partial charge in [-0.05, 0) is 12.5 Å². The van der Waals surface area contributed by atoms with Crippen molar-refractivity contribution in [2.75, 3.05) is 34.2 Å². The quantitative estimate of drug-likeness (QED) is 0.333. The van der Waals surface area contributed by atoms with Crippen molar-refractivity contribution in [2.45, 2.75) is 31.8 Å². The molecule has 0 aromatic heterocycles. The molecule has 0 aromatic carbocycles. The van der Waals surface area contributed by atoms with Crippen LogP contribution in [0.3, 0.4) is 0 Å². The number of hydrogen-bond acceptors (Lipinski definition) is 2. The monoisotopic (exact) mass is 294 g/mol. The lowest BCUT2D eigenvalue weighted by atomic mass is 10.0. The zero-order chi connectivity index (χ0) is 16.3. The maximum Gasteiger partial charge on any atom is 0.253 e. The van der Waals surface area contributed by atoms with E-state index in [1.807, 2.05) is 28.1 Å². The van der Waals surface area contributed by atoms with Gasteiger partial charge >= 0.3 is 0 Å². The van der Waals surface area contributed by atoms with Crippen molar-refractivity contribution >= 4 is 11.8 Å². The van der Waals surface area contributed by atoms with E-state index >= 15 is 0 Å². The summed E-state index contributed by atoms with van der Waals surface area (Å²) < 4.78 is 0.536. The van der Waals surface area contributed by atoms with Crippen LogP contribution in [0.15, 0.2) is 24.8 Å². The number of hydrogen-bond donors (Lipinski definition) is 1. The molecule has 1 fully saturated rings. The molecule has 1 aliphatic heterocycles.